The van der Waals surface area contributed by atoms with Crippen molar-refractivity contribution in [1.29, 1.82) is 0 Å². The summed E-state index contributed by atoms with van der Waals surface area (Å²) in [5.74, 6) is -0.0743. The minimum absolute atomic E-state index is 0.0743. The molecule has 0 radical (unpaired) electrons. The van der Waals surface area contributed by atoms with Gasteiger partial charge in [-0.05, 0) is 12.1 Å². The highest BCUT2D eigenvalue weighted by Gasteiger charge is 2.07. The van der Waals surface area contributed by atoms with Gasteiger partial charge in [-0.3, -0.25) is 4.79 Å². The molecule has 0 aliphatic rings. The van der Waals surface area contributed by atoms with Crippen molar-refractivity contribution >= 4 is 22.2 Å². The van der Waals surface area contributed by atoms with Crippen LogP contribution >= 0.6 is 11.3 Å². The summed E-state index contributed by atoms with van der Waals surface area (Å²) in [5.41, 5.74) is 11.1. The molecule has 0 saturated heterocycles. The fourth-order valence-corrected chi connectivity index (χ4v) is 1.88. The minimum Gasteiger partial charge on any atom is -0.329 e. The number of carbonyl (C=O) groups excluding carboxylic acids is 1. The van der Waals surface area contributed by atoms with Gasteiger partial charge in [-0.25, -0.2) is 0 Å². The zero-order chi connectivity index (χ0) is 9.84. The highest BCUT2D eigenvalue weighted by molar-refractivity contribution is 7.16. The Morgan fingerprint density at radius 1 is 1.69 bits per heavy atom. The molecule has 1 aromatic heterocycles. The van der Waals surface area contributed by atoms with Crippen molar-refractivity contribution in [2.45, 2.75) is 13.0 Å². The third kappa shape index (κ3) is 2.80. The van der Waals surface area contributed by atoms with Gasteiger partial charge in [0, 0.05) is 18.3 Å². The number of rotatable bonds is 3. The lowest BCUT2D eigenvalue weighted by atomic mass is 10.2. The smallest absolute Gasteiger partial charge is 0.221 e. The number of thiophene rings is 1. The molecule has 72 valence electrons. The molecule has 0 saturated carbocycles. The number of nitrogens with one attached hydrogen (secondary N) is 1. The van der Waals surface area contributed by atoms with E-state index in [4.69, 9.17) is 11.5 Å². The number of carbonyl (C=O) groups is 1. The molecular weight excluding hydrogens is 186 g/mol. The number of hydrogen-bond acceptors (Lipinski definition) is 4. The number of amides is 1. The maximum absolute atomic E-state index is 10.7. The van der Waals surface area contributed by atoms with Crippen LogP contribution in [0.4, 0.5) is 5.00 Å². The molecule has 5 heteroatoms. The molecule has 5 N–H and O–H groups in total. The van der Waals surface area contributed by atoms with E-state index in [0.717, 1.165) is 9.88 Å². The zero-order valence-corrected chi connectivity index (χ0v) is 8.23. The summed E-state index contributed by atoms with van der Waals surface area (Å²) in [7, 11) is 0. The summed E-state index contributed by atoms with van der Waals surface area (Å²) >= 11 is 1.46. The average Bonchev–Trinajstić information content (AvgIpc) is 2.50. The molecule has 1 aromatic rings. The lowest BCUT2D eigenvalue weighted by molar-refractivity contribution is -0.114. The normalized spacial score (nSPS) is 12.5. The van der Waals surface area contributed by atoms with E-state index in [-0.39, 0.29) is 11.9 Å². The molecule has 13 heavy (non-hydrogen) atoms. The fourth-order valence-electron chi connectivity index (χ4n) is 0.909. The van der Waals surface area contributed by atoms with E-state index < -0.39 is 0 Å². The number of anilines is 1. The van der Waals surface area contributed by atoms with Gasteiger partial charge in [-0.15, -0.1) is 11.3 Å². The van der Waals surface area contributed by atoms with Crippen LogP contribution in [0.25, 0.3) is 0 Å². The van der Waals surface area contributed by atoms with E-state index in [1.54, 1.807) is 0 Å². The van der Waals surface area contributed by atoms with E-state index in [9.17, 15) is 4.79 Å². The van der Waals surface area contributed by atoms with Crippen LogP contribution in [0.1, 0.15) is 17.8 Å². The lowest BCUT2D eigenvalue weighted by Crippen LogP contribution is -2.19. The summed E-state index contributed by atoms with van der Waals surface area (Å²) in [6, 6.07) is 3.58. The fraction of sp³-hybridized carbons (Fsp3) is 0.375. The average molecular weight is 199 g/mol. The SMILES string of the molecule is CC(=O)Nc1ccc([C@H](N)CN)s1. The van der Waals surface area contributed by atoms with Gasteiger partial charge in [-0.1, -0.05) is 0 Å². The summed E-state index contributed by atoms with van der Waals surface area (Å²) in [4.78, 5) is 11.7. The molecule has 0 aliphatic carbocycles. The molecule has 0 aliphatic heterocycles. The first-order valence-electron chi connectivity index (χ1n) is 3.96. The molecule has 1 heterocycles. The van der Waals surface area contributed by atoms with Gasteiger partial charge in [0.25, 0.3) is 0 Å². The molecule has 0 bridgehead atoms. The quantitative estimate of drug-likeness (QED) is 0.669. The maximum Gasteiger partial charge on any atom is 0.221 e. The van der Waals surface area contributed by atoms with Crippen molar-refractivity contribution in [3.05, 3.63) is 17.0 Å². The van der Waals surface area contributed by atoms with Gasteiger partial charge in [0.1, 0.15) is 0 Å². The van der Waals surface area contributed by atoms with Crippen LogP contribution in [0, 0.1) is 0 Å². The van der Waals surface area contributed by atoms with E-state index in [1.165, 1.54) is 18.3 Å². The predicted octanol–water partition coefficient (Wildman–Crippen LogP) is 0.665. The van der Waals surface area contributed by atoms with Crippen LogP contribution in [0.3, 0.4) is 0 Å². The van der Waals surface area contributed by atoms with Gasteiger partial charge >= 0.3 is 0 Å². The largest absolute Gasteiger partial charge is 0.329 e. The second kappa shape index (κ2) is 4.36. The zero-order valence-electron chi connectivity index (χ0n) is 7.41. The molecule has 1 amide bonds. The predicted molar refractivity (Wildman–Crippen MR) is 54.6 cm³/mol. The van der Waals surface area contributed by atoms with Gasteiger partial charge in [0.2, 0.25) is 5.91 Å². The van der Waals surface area contributed by atoms with E-state index in [0.29, 0.717) is 6.54 Å². The first kappa shape index (κ1) is 10.2. The number of hydrogen-bond donors (Lipinski definition) is 3. The highest BCUT2D eigenvalue weighted by atomic mass is 32.1. The molecule has 0 fully saturated rings. The third-order valence-corrected chi connectivity index (χ3v) is 2.68. The first-order valence-corrected chi connectivity index (χ1v) is 4.78. The van der Waals surface area contributed by atoms with Crippen molar-refractivity contribution < 1.29 is 4.79 Å². The van der Waals surface area contributed by atoms with Crippen LogP contribution in [0.15, 0.2) is 12.1 Å². The van der Waals surface area contributed by atoms with Crippen LogP contribution in [0.5, 0.6) is 0 Å². The number of nitrogens with two attached hydrogens (primary N) is 2. The summed E-state index contributed by atoms with van der Waals surface area (Å²) in [6.45, 7) is 1.89. The van der Waals surface area contributed by atoms with Crippen molar-refractivity contribution in [3.8, 4) is 0 Å². The summed E-state index contributed by atoms with van der Waals surface area (Å²) in [5, 5.41) is 3.50. The van der Waals surface area contributed by atoms with Crippen molar-refractivity contribution in [2.75, 3.05) is 11.9 Å². The van der Waals surface area contributed by atoms with E-state index >= 15 is 0 Å². The molecule has 0 spiro atoms. The second-order valence-corrected chi connectivity index (χ2v) is 3.84. The highest BCUT2D eigenvalue weighted by Crippen LogP contribution is 2.25. The van der Waals surface area contributed by atoms with Crippen LogP contribution < -0.4 is 16.8 Å². The Kier molecular flexibility index (Phi) is 3.41. The van der Waals surface area contributed by atoms with Crippen molar-refractivity contribution in [1.82, 2.24) is 0 Å². The maximum atomic E-state index is 10.7. The second-order valence-electron chi connectivity index (χ2n) is 2.73. The topological polar surface area (TPSA) is 81.1 Å². The van der Waals surface area contributed by atoms with Crippen LogP contribution in [-0.2, 0) is 4.79 Å². The molecular formula is C8H13N3OS. The Hall–Kier alpha value is -0.910. The molecule has 0 aromatic carbocycles. The van der Waals surface area contributed by atoms with Crippen molar-refractivity contribution in [2.24, 2.45) is 11.5 Å². The van der Waals surface area contributed by atoms with E-state index in [2.05, 4.69) is 5.32 Å². The van der Waals surface area contributed by atoms with Gasteiger partial charge in [-0.2, -0.15) is 0 Å². The van der Waals surface area contributed by atoms with Crippen LogP contribution in [-0.4, -0.2) is 12.5 Å². The Morgan fingerprint density at radius 2 is 2.38 bits per heavy atom. The van der Waals surface area contributed by atoms with Gasteiger partial charge < -0.3 is 16.8 Å². The van der Waals surface area contributed by atoms with E-state index in [1.807, 2.05) is 12.1 Å². The van der Waals surface area contributed by atoms with Gasteiger partial charge in [0.15, 0.2) is 0 Å². The summed E-state index contributed by atoms with van der Waals surface area (Å²) in [6.07, 6.45) is 0. The Balaban J connectivity index is 2.68. The standard InChI is InChI=1S/C8H13N3OS/c1-5(12)11-8-3-2-7(13-8)6(10)4-9/h2-3,6H,4,9-10H2,1H3,(H,11,12)/t6-/m1/s1. The molecule has 4 nitrogen and oxygen atoms in total. The molecule has 1 atom stereocenters. The minimum atomic E-state index is -0.132. The Bertz CT molecular complexity index is 297. The van der Waals surface area contributed by atoms with Crippen molar-refractivity contribution in [3.63, 3.8) is 0 Å². The summed E-state index contributed by atoms with van der Waals surface area (Å²) < 4.78 is 0. The molecule has 0 unspecified atom stereocenters. The lowest BCUT2D eigenvalue weighted by Gasteiger charge is -2.03. The third-order valence-electron chi connectivity index (χ3n) is 1.55. The Labute approximate surface area is 80.9 Å². The first-order chi connectivity index (χ1) is 6.13. The molecule has 1 rings (SSSR count). The van der Waals surface area contributed by atoms with Gasteiger partial charge in [0.05, 0.1) is 11.0 Å². The Morgan fingerprint density at radius 3 is 2.92 bits per heavy atom. The monoisotopic (exact) mass is 199 g/mol. The van der Waals surface area contributed by atoms with Crippen LogP contribution in [0.2, 0.25) is 0 Å².